The third kappa shape index (κ3) is 5.07. The van der Waals surface area contributed by atoms with Gasteiger partial charge in [0.1, 0.15) is 5.75 Å². The fraction of sp³-hybridized carbons (Fsp3) is 0.611. The van der Waals surface area contributed by atoms with Gasteiger partial charge in [-0.2, -0.15) is 0 Å². The van der Waals surface area contributed by atoms with Crippen molar-refractivity contribution in [3.05, 3.63) is 29.8 Å². The van der Waals surface area contributed by atoms with E-state index in [0.717, 1.165) is 25.0 Å². The van der Waals surface area contributed by atoms with Crippen molar-refractivity contribution in [1.29, 1.82) is 0 Å². The summed E-state index contributed by atoms with van der Waals surface area (Å²) in [5.74, 6) is 1.72. The summed E-state index contributed by atoms with van der Waals surface area (Å²) in [6, 6.07) is 8.48. The topological polar surface area (TPSA) is 38.3 Å². The normalized spacial score (nSPS) is 21.8. The van der Waals surface area contributed by atoms with Crippen molar-refractivity contribution in [3.63, 3.8) is 0 Å². The first-order valence-electron chi connectivity index (χ1n) is 8.11. The lowest BCUT2D eigenvalue weighted by atomic mass is 9.86. The molecule has 3 nitrogen and oxygen atoms in total. The summed E-state index contributed by atoms with van der Waals surface area (Å²) in [5, 5.41) is 3.21. The van der Waals surface area contributed by atoms with Gasteiger partial charge in [-0.25, -0.2) is 0 Å². The highest BCUT2D eigenvalue weighted by atomic mass is 16.5. The van der Waals surface area contributed by atoms with Gasteiger partial charge in [0.2, 0.25) is 5.91 Å². The van der Waals surface area contributed by atoms with Crippen LogP contribution in [0, 0.1) is 5.92 Å². The number of ether oxygens (including phenoxy) is 1. The first-order chi connectivity index (χ1) is 10.2. The third-order valence-corrected chi connectivity index (χ3v) is 4.49. The highest BCUT2D eigenvalue weighted by Crippen LogP contribution is 2.23. The van der Waals surface area contributed by atoms with E-state index in [4.69, 9.17) is 4.74 Å². The lowest BCUT2D eigenvalue weighted by molar-refractivity contribution is -0.122. The minimum absolute atomic E-state index is 0.210. The lowest BCUT2D eigenvalue weighted by Gasteiger charge is -2.29. The summed E-state index contributed by atoms with van der Waals surface area (Å²) < 4.78 is 5.14. The summed E-state index contributed by atoms with van der Waals surface area (Å²) in [5.41, 5.74) is 1.26. The summed E-state index contributed by atoms with van der Waals surface area (Å²) in [4.78, 5) is 12.0. The molecule has 0 aromatic heterocycles. The zero-order chi connectivity index (χ0) is 15.1. The zero-order valence-corrected chi connectivity index (χ0v) is 13.2. The Labute approximate surface area is 128 Å². The molecular weight excluding hydrogens is 262 g/mol. The molecular formula is C18H27NO2. The predicted octanol–water partition coefficient (Wildman–Crippen LogP) is 3.71. The maximum absolute atomic E-state index is 12.0. The minimum atomic E-state index is 0.210. The van der Waals surface area contributed by atoms with Gasteiger partial charge >= 0.3 is 0 Å². The van der Waals surface area contributed by atoms with E-state index in [1.54, 1.807) is 7.11 Å². The van der Waals surface area contributed by atoms with E-state index in [9.17, 15) is 4.79 Å². The van der Waals surface area contributed by atoms with Gasteiger partial charge in [-0.05, 0) is 49.3 Å². The van der Waals surface area contributed by atoms with E-state index in [1.165, 1.54) is 24.8 Å². The van der Waals surface area contributed by atoms with E-state index in [1.807, 2.05) is 12.1 Å². The van der Waals surface area contributed by atoms with Crippen molar-refractivity contribution in [3.8, 4) is 5.75 Å². The van der Waals surface area contributed by atoms with Crippen LogP contribution in [0.2, 0.25) is 0 Å². The molecule has 21 heavy (non-hydrogen) atoms. The summed E-state index contributed by atoms with van der Waals surface area (Å²) in [7, 11) is 1.67. The predicted molar refractivity (Wildman–Crippen MR) is 85.5 cm³/mol. The van der Waals surface area contributed by atoms with Crippen LogP contribution < -0.4 is 10.1 Å². The fourth-order valence-corrected chi connectivity index (χ4v) is 3.05. The summed E-state index contributed by atoms with van der Waals surface area (Å²) in [6.45, 7) is 2.25. The second-order valence-corrected chi connectivity index (χ2v) is 6.14. The summed E-state index contributed by atoms with van der Waals surface area (Å²) in [6.07, 6.45) is 7.42. The van der Waals surface area contributed by atoms with Crippen LogP contribution in [0.5, 0.6) is 5.75 Å². The number of aryl methyl sites for hydroxylation is 1. The number of benzene rings is 1. The average Bonchev–Trinajstić information content (AvgIpc) is 2.50. The standard InChI is InChI=1S/C18H27NO2/c1-14-6-3-4-8-17(14)19-18(20)9-5-7-15-10-12-16(21-2)13-11-15/h10-14,17H,3-9H2,1-2H3,(H,19,20)/t14-,17+/m0/s1. The van der Waals surface area contributed by atoms with Crippen LogP contribution in [0.3, 0.4) is 0 Å². The van der Waals surface area contributed by atoms with Crippen LogP contribution >= 0.6 is 0 Å². The molecule has 0 heterocycles. The molecule has 1 fully saturated rings. The fourth-order valence-electron chi connectivity index (χ4n) is 3.05. The van der Waals surface area contributed by atoms with Crippen LogP contribution in [0.4, 0.5) is 0 Å². The Morgan fingerprint density at radius 1 is 1.24 bits per heavy atom. The second-order valence-electron chi connectivity index (χ2n) is 6.14. The van der Waals surface area contributed by atoms with E-state index < -0.39 is 0 Å². The number of rotatable bonds is 6. The first-order valence-corrected chi connectivity index (χ1v) is 8.11. The Morgan fingerprint density at radius 3 is 2.62 bits per heavy atom. The van der Waals surface area contributed by atoms with Crippen molar-refractivity contribution in [1.82, 2.24) is 5.32 Å². The molecule has 0 unspecified atom stereocenters. The monoisotopic (exact) mass is 289 g/mol. The van der Waals surface area contributed by atoms with E-state index in [2.05, 4.69) is 24.4 Å². The molecule has 1 N–H and O–H groups in total. The SMILES string of the molecule is COc1ccc(CCCC(=O)N[C@@H]2CCCC[C@@H]2C)cc1. The van der Waals surface area contributed by atoms with Gasteiger partial charge < -0.3 is 10.1 Å². The highest BCUT2D eigenvalue weighted by molar-refractivity contribution is 5.76. The van der Waals surface area contributed by atoms with Crippen LogP contribution in [0.1, 0.15) is 51.0 Å². The number of amides is 1. The molecule has 0 radical (unpaired) electrons. The lowest BCUT2D eigenvalue weighted by Crippen LogP contribution is -2.40. The molecule has 0 bridgehead atoms. The molecule has 1 aromatic rings. The highest BCUT2D eigenvalue weighted by Gasteiger charge is 2.22. The Hall–Kier alpha value is -1.51. The molecule has 0 saturated heterocycles. The molecule has 2 rings (SSSR count). The third-order valence-electron chi connectivity index (χ3n) is 4.49. The maximum atomic E-state index is 12.0. The Balaban J connectivity index is 1.68. The Kier molecular flexibility index (Phi) is 6.09. The Bertz CT molecular complexity index is 441. The minimum Gasteiger partial charge on any atom is -0.497 e. The van der Waals surface area contributed by atoms with Gasteiger partial charge in [0.15, 0.2) is 0 Å². The van der Waals surface area contributed by atoms with Gasteiger partial charge in [0.05, 0.1) is 7.11 Å². The van der Waals surface area contributed by atoms with E-state index in [0.29, 0.717) is 18.4 Å². The first kappa shape index (κ1) is 15.9. The molecule has 1 aliphatic carbocycles. The van der Waals surface area contributed by atoms with Gasteiger partial charge in [-0.3, -0.25) is 4.79 Å². The number of nitrogens with one attached hydrogen (secondary N) is 1. The molecule has 1 aromatic carbocycles. The average molecular weight is 289 g/mol. The number of hydrogen-bond acceptors (Lipinski definition) is 2. The van der Waals surface area contributed by atoms with Gasteiger partial charge in [-0.1, -0.05) is 31.9 Å². The van der Waals surface area contributed by atoms with Crippen molar-refractivity contribution in [2.45, 2.75) is 57.9 Å². The van der Waals surface area contributed by atoms with Crippen molar-refractivity contribution in [2.75, 3.05) is 7.11 Å². The van der Waals surface area contributed by atoms with Crippen LogP contribution in [-0.4, -0.2) is 19.1 Å². The van der Waals surface area contributed by atoms with Crippen LogP contribution in [0.25, 0.3) is 0 Å². The van der Waals surface area contributed by atoms with Crippen molar-refractivity contribution >= 4 is 5.91 Å². The van der Waals surface area contributed by atoms with E-state index in [-0.39, 0.29) is 5.91 Å². The molecule has 1 saturated carbocycles. The Morgan fingerprint density at radius 2 is 1.95 bits per heavy atom. The van der Waals surface area contributed by atoms with Gasteiger partial charge in [0.25, 0.3) is 0 Å². The number of methoxy groups -OCH3 is 1. The van der Waals surface area contributed by atoms with Crippen LogP contribution in [-0.2, 0) is 11.2 Å². The van der Waals surface area contributed by atoms with Crippen molar-refractivity contribution in [2.24, 2.45) is 5.92 Å². The quantitative estimate of drug-likeness (QED) is 0.867. The van der Waals surface area contributed by atoms with Gasteiger partial charge in [-0.15, -0.1) is 0 Å². The van der Waals surface area contributed by atoms with E-state index >= 15 is 0 Å². The molecule has 0 spiro atoms. The number of carbonyl (C=O) groups excluding carboxylic acids is 1. The maximum Gasteiger partial charge on any atom is 0.220 e. The van der Waals surface area contributed by atoms with Crippen molar-refractivity contribution < 1.29 is 9.53 Å². The van der Waals surface area contributed by atoms with Gasteiger partial charge in [0, 0.05) is 12.5 Å². The molecule has 0 aliphatic heterocycles. The molecule has 1 aliphatic rings. The molecule has 3 heteroatoms. The number of carbonyl (C=O) groups is 1. The summed E-state index contributed by atoms with van der Waals surface area (Å²) >= 11 is 0. The molecule has 1 amide bonds. The second kappa shape index (κ2) is 8.06. The smallest absolute Gasteiger partial charge is 0.220 e. The zero-order valence-electron chi connectivity index (χ0n) is 13.2. The largest absolute Gasteiger partial charge is 0.497 e. The van der Waals surface area contributed by atoms with Crippen LogP contribution in [0.15, 0.2) is 24.3 Å². The molecule has 2 atom stereocenters. The number of hydrogen-bond donors (Lipinski definition) is 1. The molecule has 116 valence electrons.